The van der Waals surface area contributed by atoms with Crippen LogP contribution in [0.25, 0.3) is 0 Å². The van der Waals surface area contributed by atoms with Gasteiger partial charge in [-0.05, 0) is 13.8 Å². The van der Waals surface area contributed by atoms with Gasteiger partial charge >= 0.3 is 0 Å². The monoisotopic (exact) mass is 198 g/mol. The highest BCUT2D eigenvalue weighted by Crippen LogP contribution is 2.28. The molecular formula is C8H14N4O2. The summed E-state index contributed by atoms with van der Waals surface area (Å²) < 4.78 is 10.3. The van der Waals surface area contributed by atoms with E-state index in [9.17, 15) is 0 Å². The van der Waals surface area contributed by atoms with Crippen LogP contribution in [0.3, 0.4) is 0 Å². The van der Waals surface area contributed by atoms with Crippen LogP contribution in [0.15, 0.2) is 0 Å². The zero-order valence-electron chi connectivity index (χ0n) is 8.28. The second-order valence-electron chi connectivity index (χ2n) is 2.47. The average Bonchev–Trinajstić information content (AvgIpc) is 2.14. The summed E-state index contributed by atoms with van der Waals surface area (Å²) in [6, 6.07) is 0. The predicted octanol–water partition coefficient (Wildman–Crippen LogP) is 0.438. The van der Waals surface area contributed by atoms with Crippen LogP contribution in [0.1, 0.15) is 13.8 Å². The summed E-state index contributed by atoms with van der Waals surface area (Å²) >= 11 is 0. The number of nitrogen functional groups attached to an aromatic ring is 2. The third kappa shape index (κ3) is 2.15. The van der Waals surface area contributed by atoms with Crippen molar-refractivity contribution in [1.29, 1.82) is 0 Å². The van der Waals surface area contributed by atoms with Gasteiger partial charge in [0, 0.05) is 0 Å². The molecule has 6 heteroatoms. The summed E-state index contributed by atoms with van der Waals surface area (Å²) in [5.41, 5.74) is 11.4. The topological polar surface area (TPSA) is 96.3 Å². The minimum absolute atomic E-state index is 0.0890. The van der Waals surface area contributed by atoms with Gasteiger partial charge in [0.25, 0.3) is 0 Å². The molecule has 1 rings (SSSR count). The fourth-order valence-electron chi connectivity index (χ4n) is 0.938. The van der Waals surface area contributed by atoms with E-state index >= 15 is 0 Å². The third-order valence-corrected chi connectivity index (χ3v) is 1.46. The highest BCUT2D eigenvalue weighted by molar-refractivity contribution is 5.58. The number of nitrogens with zero attached hydrogens (tertiary/aromatic N) is 2. The average molecular weight is 198 g/mol. The zero-order chi connectivity index (χ0) is 10.6. The van der Waals surface area contributed by atoms with Crippen LogP contribution in [0, 0.1) is 0 Å². The molecule has 0 saturated heterocycles. The van der Waals surface area contributed by atoms with Gasteiger partial charge in [-0.1, -0.05) is 0 Å². The highest BCUT2D eigenvalue weighted by Gasteiger charge is 2.11. The Kier molecular flexibility index (Phi) is 3.33. The molecule has 0 aliphatic rings. The summed E-state index contributed by atoms with van der Waals surface area (Å²) in [5, 5.41) is 0. The second kappa shape index (κ2) is 4.50. The number of hydrogen-bond acceptors (Lipinski definition) is 6. The first-order valence-corrected chi connectivity index (χ1v) is 4.37. The van der Waals surface area contributed by atoms with E-state index in [4.69, 9.17) is 20.9 Å². The van der Waals surface area contributed by atoms with Gasteiger partial charge in [0.1, 0.15) is 0 Å². The summed E-state index contributed by atoms with van der Waals surface area (Å²) in [4.78, 5) is 7.69. The first kappa shape index (κ1) is 10.4. The van der Waals surface area contributed by atoms with Gasteiger partial charge in [-0.15, -0.1) is 0 Å². The van der Waals surface area contributed by atoms with E-state index in [1.807, 2.05) is 13.8 Å². The number of rotatable bonds is 4. The van der Waals surface area contributed by atoms with Crippen LogP contribution >= 0.6 is 0 Å². The van der Waals surface area contributed by atoms with Crippen LogP contribution in [0.4, 0.5) is 11.6 Å². The molecule has 0 aliphatic carbocycles. The molecule has 0 bridgehead atoms. The second-order valence-corrected chi connectivity index (χ2v) is 2.47. The Hall–Kier alpha value is -1.72. The van der Waals surface area contributed by atoms with E-state index in [0.29, 0.717) is 13.2 Å². The molecule has 0 amide bonds. The lowest BCUT2D eigenvalue weighted by Gasteiger charge is -2.10. The molecule has 0 aliphatic heterocycles. The van der Waals surface area contributed by atoms with Gasteiger partial charge in [-0.3, -0.25) is 0 Å². The van der Waals surface area contributed by atoms with Crippen molar-refractivity contribution in [3.8, 4) is 11.8 Å². The van der Waals surface area contributed by atoms with Crippen molar-refractivity contribution >= 4 is 11.6 Å². The van der Waals surface area contributed by atoms with Crippen LogP contribution < -0.4 is 20.9 Å². The Balaban J connectivity index is 3.04. The standard InChI is InChI=1S/C8H14N4O2/c1-3-13-6-5(9)7(14-4-2)12-8(10)11-6/h3-4,9H2,1-2H3,(H2,10,11,12). The number of ether oxygens (including phenoxy) is 2. The van der Waals surface area contributed by atoms with Crippen molar-refractivity contribution in [2.45, 2.75) is 13.8 Å². The molecule has 0 spiro atoms. The molecule has 4 N–H and O–H groups in total. The highest BCUT2D eigenvalue weighted by atomic mass is 16.5. The maximum atomic E-state index is 5.69. The van der Waals surface area contributed by atoms with Crippen molar-refractivity contribution in [2.75, 3.05) is 24.7 Å². The van der Waals surface area contributed by atoms with E-state index in [0.717, 1.165) is 0 Å². The Labute approximate surface area is 82.2 Å². The van der Waals surface area contributed by atoms with Gasteiger partial charge in [-0.2, -0.15) is 9.97 Å². The van der Waals surface area contributed by atoms with E-state index in [2.05, 4.69) is 9.97 Å². The minimum atomic E-state index is 0.0890. The molecule has 0 atom stereocenters. The van der Waals surface area contributed by atoms with E-state index < -0.39 is 0 Å². The van der Waals surface area contributed by atoms with E-state index in [1.54, 1.807) is 0 Å². The molecule has 0 fully saturated rings. The first-order chi connectivity index (χ1) is 6.69. The van der Waals surface area contributed by atoms with Crippen molar-refractivity contribution < 1.29 is 9.47 Å². The number of nitrogens with two attached hydrogens (primary N) is 2. The Morgan fingerprint density at radius 1 is 1.00 bits per heavy atom. The smallest absolute Gasteiger partial charge is 0.246 e. The summed E-state index contributed by atoms with van der Waals surface area (Å²) in [6.45, 7) is 4.59. The maximum absolute atomic E-state index is 5.69. The van der Waals surface area contributed by atoms with Crippen LogP contribution in [0.2, 0.25) is 0 Å². The molecule has 1 heterocycles. The van der Waals surface area contributed by atoms with Gasteiger partial charge < -0.3 is 20.9 Å². The molecule has 14 heavy (non-hydrogen) atoms. The first-order valence-electron chi connectivity index (χ1n) is 4.37. The zero-order valence-corrected chi connectivity index (χ0v) is 8.28. The SMILES string of the molecule is CCOc1nc(N)nc(OCC)c1N. The minimum Gasteiger partial charge on any atom is -0.476 e. The Morgan fingerprint density at radius 3 is 1.79 bits per heavy atom. The normalized spacial score (nSPS) is 9.86. The van der Waals surface area contributed by atoms with E-state index in [1.165, 1.54) is 0 Å². The van der Waals surface area contributed by atoms with Crippen molar-refractivity contribution in [3.05, 3.63) is 0 Å². The van der Waals surface area contributed by atoms with Crippen molar-refractivity contribution in [2.24, 2.45) is 0 Å². The lowest BCUT2D eigenvalue weighted by Crippen LogP contribution is -2.08. The third-order valence-electron chi connectivity index (χ3n) is 1.46. The quantitative estimate of drug-likeness (QED) is 0.728. The number of anilines is 2. The Morgan fingerprint density at radius 2 is 1.43 bits per heavy atom. The predicted molar refractivity (Wildman–Crippen MR) is 53.2 cm³/mol. The molecular weight excluding hydrogens is 184 g/mol. The molecule has 0 saturated carbocycles. The van der Waals surface area contributed by atoms with Crippen LogP contribution in [0.5, 0.6) is 11.8 Å². The molecule has 0 radical (unpaired) electrons. The molecule has 0 aromatic carbocycles. The molecule has 6 nitrogen and oxygen atoms in total. The van der Waals surface area contributed by atoms with Gasteiger partial charge in [0.2, 0.25) is 17.7 Å². The fraction of sp³-hybridized carbons (Fsp3) is 0.500. The maximum Gasteiger partial charge on any atom is 0.246 e. The summed E-state index contributed by atoms with van der Waals surface area (Å²) in [6.07, 6.45) is 0. The summed E-state index contributed by atoms with van der Waals surface area (Å²) in [5.74, 6) is 0.623. The van der Waals surface area contributed by atoms with Crippen LogP contribution in [-0.4, -0.2) is 23.2 Å². The lowest BCUT2D eigenvalue weighted by molar-refractivity contribution is 0.310. The van der Waals surface area contributed by atoms with Crippen molar-refractivity contribution in [3.63, 3.8) is 0 Å². The molecule has 1 aromatic heterocycles. The number of hydrogen-bond donors (Lipinski definition) is 2. The number of aromatic nitrogens is 2. The van der Waals surface area contributed by atoms with Crippen LogP contribution in [-0.2, 0) is 0 Å². The van der Waals surface area contributed by atoms with Gasteiger partial charge in [0.05, 0.1) is 13.2 Å². The summed E-state index contributed by atoms with van der Waals surface area (Å²) in [7, 11) is 0. The Bertz CT molecular complexity index is 289. The molecule has 1 aromatic rings. The fourth-order valence-corrected chi connectivity index (χ4v) is 0.938. The van der Waals surface area contributed by atoms with Gasteiger partial charge in [0.15, 0.2) is 5.69 Å². The molecule has 0 unspecified atom stereocenters. The lowest BCUT2D eigenvalue weighted by atomic mass is 10.5. The molecule has 78 valence electrons. The largest absolute Gasteiger partial charge is 0.476 e. The van der Waals surface area contributed by atoms with E-state index in [-0.39, 0.29) is 23.4 Å². The van der Waals surface area contributed by atoms with Crippen molar-refractivity contribution in [1.82, 2.24) is 9.97 Å². The van der Waals surface area contributed by atoms with Gasteiger partial charge in [-0.25, -0.2) is 0 Å².